The summed E-state index contributed by atoms with van der Waals surface area (Å²) in [6, 6.07) is 9.39. The summed E-state index contributed by atoms with van der Waals surface area (Å²) in [6.45, 7) is 9.52. The van der Waals surface area contributed by atoms with Gasteiger partial charge >= 0.3 is 0 Å². The van der Waals surface area contributed by atoms with Crippen LogP contribution in [0.4, 0.5) is 11.4 Å². The number of hydrogen-bond donors (Lipinski definition) is 3. The van der Waals surface area contributed by atoms with Crippen LogP contribution in [0.2, 0.25) is 0 Å². The zero-order valence-electron chi connectivity index (χ0n) is 17.3. The second-order valence-corrected chi connectivity index (χ2v) is 7.62. The molecule has 0 radical (unpaired) electrons. The zero-order valence-corrected chi connectivity index (χ0v) is 18.1. The molecular formula is C21H26N4O3S. The normalized spacial score (nSPS) is 10.4. The lowest BCUT2D eigenvalue weighted by molar-refractivity contribution is -0.123. The molecule has 0 saturated heterocycles. The lowest BCUT2D eigenvalue weighted by atomic mass is 9.99. The Morgan fingerprint density at radius 1 is 1.07 bits per heavy atom. The topological polar surface area (TPSA) is 91.8 Å². The van der Waals surface area contributed by atoms with Gasteiger partial charge in [0.05, 0.1) is 0 Å². The summed E-state index contributed by atoms with van der Waals surface area (Å²) in [5.41, 5.74) is 10.1. The fourth-order valence-corrected chi connectivity index (χ4v) is 3.04. The molecule has 2 aromatic rings. The monoisotopic (exact) mass is 414 g/mol. The molecule has 0 unspecified atom stereocenters. The third kappa shape index (κ3) is 6.53. The number of rotatable bonds is 6. The van der Waals surface area contributed by atoms with Gasteiger partial charge in [0.15, 0.2) is 11.7 Å². The van der Waals surface area contributed by atoms with Crippen LogP contribution in [0.15, 0.2) is 35.5 Å². The van der Waals surface area contributed by atoms with E-state index in [2.05, 4.69) is 27.4 Å². The maximum absolute atomic E-state index is 12.1. The Balaban J connectivity index is 1.90. The Bertz CT molecular complexity index is 908. The van der Waals surface area contributed by atoms with E-state index in [0.29, 0.717) is 17.0 Å². The Kier molecular flexibility index (Phi) is 7.67. The van der Waals surface area contributed by atoms with Crippen LogP contribution in [0, 0.1) is 25.7 Å². The fraction of sp³-hybridized carbons (Fsp3) is 0.333. The molecule has 0 heterocycles. The molecule has 0 bridgehead atoms. The summed E-state index contributed by atoms with van der Waals surface area (Å²) in [4.78, 5) is 23.0. The van der Waals surface area contributed by atoms with Crippen molar-refractivity contribution < 1.29 is 9.53 Å². The van der Waals surface area contributed by atoms with Crippen molar-refractivity contribution in [2.45, 2.75) is 40.5 Å². The number of carbonyl (C=O) groups is 1. The van der Waals surface area contributed by atoms with Crippen LogP contribution >= 0.6 is 12.2 Å². The molecule has 0 saturated carbocycles. The molecule has 2 rings (SSSR count). The van der Waals surface area contributed by atoms with Gasteiger partial charge in [0.1, 0.15) is 11.4 Å². The smallest absolute Gasteiger partial charge is 0.276 e. The van der Waals surface area contributed by atoms with Gasteiger partial charge in [0, 0.05) is 5.69 Å². The fourth-order valence-electron chi connectivity index (χ4n) is 2.88. The summed E-state index contributed by atoms with van der Waals surface area (Å²) < 4.78 is 5.66. The van der Waals surface area contributed by atoms with Crippen LogP contribution < -0.4 is 20.9 Å². The third-order valence-corrected chi connectivity index (χ3v) is 4.41. The van der Waals surface area contributed by atoms with Crippen LogP contribution in [-0.2, 0) is 4.79 Å². The molecule has 0 aliphatic rings. The van der Waals surface area contributed by atoms with Crippen molar-refractivity contribution in [2.75, 3.05) is 11.9 Å². The van der Waals surface area contributed by atoms with E-state index < -0.39 is 0 Å². The van der Waals surface area contributed by atoms with E-state index in [4.69, 9.17) is 17.0 Å². The highest BCUT2D eigenvalue weighted by molar-refractivity contribution is 7.80. The minimum atomic E-state index is -0.389. The summed E-state index contributed by atoms with van der Waals surface area (Å²) in [5, 5.41) is 6.32. The molecule has 0 aliphatic carbocycles. The summed E-state index contributed by atoms with van der Waals surface area (Å²) >= 11 is 5.20. The molecule has 1 amide bonds. The number of benzene rings is 2. The van der Waals surface area contributed by atoms with Crippen molar-refractivity contribution in [3.8, 4) is 5.75 Å². The SMILES string of the molecule is Cc1cc(C)cc(NC(=S)NNC(=O)COc2cc(C)c(N=O)cc2C(C)C)c1. The van der Waals surface area contributed by atoms with Gasteiger partial charge in [-0.05, 0) is 90.6 Å². The molecule has 0 aromatic heterocycles. The summed E-state index contributed by atoms with van der Waals surface area (Å²) in [5.74, 6) is 0.275. The maximum atomic E-state index is 12.1. The number of hydrogen-bond acceptors (Lipinski definition) is 5. The first-order chi connectivity index (χ1) is 13.7. The average molecular weight is 415 g/mol. The standard InChI is InChI=1S/C21H26N4O3S/c1-12(2)17-10-18(25-27)15(5)9-19(17)28-11-20(26)23-24-21(29)22-16-7-13(3)6-14(4)8-16/h6-10,12H,11H2,1-5H3,(H,23,26)(H2,22,24,29). The summed E-state index contributed by atoms with van der Waals surface area (Å²) in [7, 11) is 0. The highest BCUT2D eigenvalue weighted by Crippen LogP contribution is 2.33. The Morgan fingerprint density at radius 3 is 2.31 bits per heavy atom. The summed E-state index contributed by atoms with van der Waals surface area (Å²) in [6.07, 6.45) is 0. The van der Waals surface area contributed by atoms with Crippen LogP contribution in [0.3, 0.4) is 0 Å². The molecule has 0 spiro atoms. The van der Waals surface area contributed by atoms with E-state index in [0.717, 1.165) is 22.4 Å². The number of hydrazine groups is 1. The molecular weight excluding hydrogens is 388 g/mol. The van der Waals surface area contributed by atoms with E-state index in [9.17, 15) is 9.70 Å². The van der Waals surface area contributed by atoms with Gasteiger partial charge in [-0.25, -0.2) is 0 Å². The first kappa shape index (κ1) is 22.3. The van der Waals surface area contributed by atoms with Gasteiger partial charge in [-0.15, -0.1) is 4.91 Å². The molecule has 8 heteroatoms. The Morgan fingerprint density at radius 2 is 1.72 bits per heavy atom. The number of amides is 1. The lowest BCUT2D eigenvalue weighted by Gasteiger charge is -2.16. The Hall–Kier alpha value is -3.00. The molecule has 7 nitrogen and oxygen atoms in total. The zero-order chi connectivity index (χ0) is 21.6. The molecule has 0 atom stereocenters. The predicted molar refractivity (Wildman–Crippen MR) is 120 cm³/mol. The number of aryl methyl sites for hydroxylation is 3. The number of nitroso groups, excluding NO2 is 1. The minimum absolute atomic E-state index is 0.113. The number of nitrogens with one attached hydrogen (secondary N) is 3. The van der Waals surface area contributed by atoms with Crippen LogP contribution in [-0.4, -0.2) is 17.6 Å². The van der Waals surface area contributed by atoms with Crippen molar-refractivity contribution in [3.63, 3.8) is 0 Å². The van der Waals surface area contributed by atoms with E-state index in [1.165, 1.54) is 0 Å². The van der Waals surface area contributed by atoms with Crippen molar-refractivity contribution in [2.24, 2.45) is 5.18 Å². The minimum Gasteiger partial charge on any atom is -0.483 e. The van der Waals surface area contributed by atoms with E-state index in [1.54, 1.807) is 19.1 Å². The number of anilines is 1. The Labute approximate surface area is 176 Å². The van der Waals surface area contributed by atoms with Crippen LogP contribution in [0.1, 0.15) is 42.0 Å². The number of nitrogens with zero attached hydrogens (tertiary/aromatic N) is 1. The quantitative estimate of drug-likeness (QED) is 0.365. The van der Waals surface area contributed by atoms with Gasteiger partial charge < -0.3 is 10.1 Å². The van der Waals surface area contributed by atoms with Gasteiger partial charge in [-0.3, -0.25) is 15.6 Å². The molecule has 0 fully saturated rings. The van der Waals surface area contributed by atoms with Gasteiger partial charge in [-0.2, -0.15) is 0 Å². The average Bonchev–Trinajstić information content (AvgIpc) is 2.63. The highest BCUT2D eigenvalue weighted by Gasteiger charge is 2.14. The van der Waals surface area contributed by atoms with Gasteiger partial charge in [0.2, 0.25) is 0 Å². The van der Waals surface area contributed by atoms with Crippen molar-refractivity contribution in [3.05, 3.63) is 57.5 Å². The largest absolute Gasteiger partial charge is 0.483 e. The van der Waals surface area contributed by atoms with Crippen LogP contribution in [0.5, 0.6) is 5.75 Å². The molecule has 3 N–H and O–H groups in total. The molecule has 29 heavy (non-hydrogen) atoms. The molecule has 0 aliphatic heterocycles. The predicted octanol–water partition coefficient (Wildman–Crippen LogP) is 4.53. The molecule has 2 aromatic carbocycles. The highest BCUT2D eigenvalue weighted by atomic mass is 32.1. The first-order valence-electron chi connectivity index (χ1n) is 9.24. The number of ether oxygens (including phenoxy) is 1. The van der Waals surface area contributed by atoms with Gasteiger partial charge in [-0.1, -0.05) is 19.9 Å². The molecule has 154 valence electrons. The third-order valence-electron chi connectivity index (χ3n) is 4.20. The van der Waals surface area contributed by atoms with Crippen LogP contribution in [0.25, 0.3) is 0 Å². The van der Waals surface area contributed by atoms with Crippen molar-refractivity contribution in [1.29, 1.82) is 0 Å². The van der Waals surface area contributed by atoms with E-state index >= 15 is 0 Å². The second-order valence-electron chi connectivity index (χ2n) is 7.21. The lowest BCUT2D eigenvalue weighted by Crippen LogP contribution is -2.45. The van der Waals surface area contributed by atoms with Crippen molar-refractivity contribution in [1.82, 2.24) is 10.9 Å². The first-order valence-corrected chi connectivity index (χ1v) is 9.65. The maximum Gasteiger partial charge on any atom is 0.276 e. The second kappa shape index (κ2) is 9.97. The van der Waals surface area contributed by atoms with Crippen molar-refractivity contribution >= 4 is 34.6 Å². The van der Waals surface area contributed by atoms with E-state index in [1.807, 2.05) is 39.8 Å². The number of thiocarbonyl (C=S) groups is 1. The van der Waals surface area contributed by atoms with E-state index in [-0.39, 0.29) is 23.5 Å². The van der Waals surface area contributed by atoms with Gasteiger partial charge in [0.25, 0.3) is 5.91 Å². The number of carbonyl (C=O) groups excluding carboxylic acids is 1.